The van der Waals surface area contributed by atoms with Gasteiger partial charge in [-0.2, -0.15) is 0 Å². The minimum absolute atomic E-state index is 0.304. The maximum absolute atomic E-state index is 11.0. The van der Waals surface area contributed by atoms with E-state index in [1.165, 1.54) is 0 Å². The van der Waals surface area contributed by atoms with Gasteiger partial charge in [0.15, 0.2) is 0 Å². The van der Waals surface area contributed by atoms with Crippen LogP contribution in [0.2, 0.25) is 0 Å². The molecular formula is C11H11N3O2. The maximum Gasteiger partial charge on any atom is 0.335 e. The van der Waals surface area contributed by atoms with Crippen molar-refractivity contribution in [2.75, 3.05) is 0 Å². The second kappa shape index (κ2) is 3.77. The van der Waals surface area contributed by atoms with E-state index in [4.69, 9.17) is 5.11 Å². The number of benzene rings is 1. The average molecular weight is 217 g/mol. The summed E-state index contributed by atoms with van der Waals surface area (Å²) in [6.45, 7) is 1.77. The Morgan fingerprint density at radius 1 is 1.44 bits per heavy atom. The summed E-state index contributed by atoms with van der Waals surface area (Å²) in [7, 11) is 1.77. The summed E-state index contributed by atoms with van der Waals surface area (Å²) >= 11 is 0. The van der Waals surface area contributed by atoms with Gasteiger partial charge in [0.25, 0.3) is 0 Å². The van der Waals surface area contributed by atoms with Crippen molar-refractivity contribution in [2.24, 2.45) is 7.05 Å². The lowest BCUT2D eigenvalue weighted by Crippen LogP contribution is -2.01. The van der Waals surface area contributed by atoms with Crippen LogP contribution in [-0.2, 0) is 7.05 Å². The Morgan fingerprint density at radius 3 is 2.75 bits per heavy atom. The summed E-state index contributed by atoms with van der Waals surface area (Å²) in [5, 5.41) is 16.6. The number of aromatic carboxylic acids is 1. The summed E-state index contributed by atoms with van der Waals surface area (Å²) in [6, 6.07) is 5.28. The highest BCUT2D eigenvalue weighted by Gasteiger charge is 2.10. The molecule has 0 aliphatic rings. The molecule has 16 heavy (non-hydrogen) atoms. The molecule has 2 aromatic rings. The van der Waals surface area contributed by atoms with Crippen LogP contribution in [0.3, 0.4) is 0 Å². The second-order valence-electron chi connectivity index (χ2n) is 3.58. The quantitative estimate of drug-likeness (QED) is 0.827. The summed E-state index contributed by atoms with van der Waals surface area (Å²) in [4.78, 5) is 11.0. The van der Waals surface area contributed by atoms with Gasteiger partial charge < -0.3 is 5.11 Å². The van der Waals surface area contributed by atoms with Crippen LogP contribution in [0, 0.1) is 6.92 Å². The van der Waals surface area contributed by atoms with Gasteiger partial charge in [0.05, 0.1) is 17.5 Å². The zero-order chi connectivity index (χ0) is 11.7. The van der Waals surface area contributed by atoms with Crippen molar-refractivity contribution in [3.63, 3.8) is 0 Å². The van der Waals surface area contributed by atoms with Gasteiger partial charge in [-0.05, 0) is 18.6 Å². The molecule has 1 N–H and O–H groups in total. The molecule has 0 aliphatic carbocycles. The highest BCUT2D eigenvalue weighted by molar-refractivity contribution is 5.90. The molecular weight excluding hydrogens is 206 g/mol. The van der Waals surface area contributed by atoms with Gasteiger partial charge in [-0.15, -0.1) is 5.10 Å². The first-order valence-corrected chi connectivity index (χ1v) is 4.78. The van der Waals surface area contributed by atoms with Crippen molar-refractivity contribution >= 4 is 5.97 Å². The molecule has 5 heteroatoms. The largest absolute Gasteiger partial charge is 0.478 e. The van der Waals surface area contributed by atoms with E-state index in [1.54, 1.807) is 37.0 Å². The standard InChI is InChI=1S/C11H11N3O2/c1-7-3-4-8(5-9(7)11(15)16)10-6-12-13-14(10)2/h3-6H,1-2H3,(H,15,16). The predicted octanol–water partition coefficient (Wildman–Crippen LogP) is 1.49. The number of rotatable bonds is 2. The predicted molar refractivity (Wildman–Crippen MR) is 58.1 cm³/mol. The van der Waals surface area contributed by atoms with Crippen molar-refractivity contribution in [1.82, 2.24) is 15.0 Å². The minimum Gasteiger partial charge on any atom is -0.478 e. The minimum atomic E-state index is -0.922. The average Bonchev–Trinajstić information content (AvgIpc) is 2.65. The van der Waals surface area contributed by atoms with Gasteiger partial charge in [-0.3, -0.25) is 0 Å². The van der Waals surface area contributed by atoms with E-state index < -0.39 is 5.97 Å². The Hall–Kier alpha value is -2.17. The third-order valence-corrected chi connectivity index (χ3v) is 2.48. The van der Waals surface area contributed by atoms with Crippen molar-refractivity contribution in [3.05, 3.63) is 35.5 Å². The zero-order valence-corrected chi connectivity index (χ0v) is 9.01. The fraction of sp³-hybridized carbons (Fsp3) is 0.182. The Bertz CT molecular complexity index is 546. The Balaban J connectivity index is 2.56. The molecule has 1 heterocycles. The second-order valence-corrected chi connectivity index (χ2v) is 3.58. The van der Waals surface area contributed by atoms with Gasteiger partial charge in [0, 0.05) is 12.6 Å². The van der Waals surface area contributed by atoms with Crippen LogP contribution >= 0.6 is 0 Å². The van der Waals surface area contributed by atoms with Crippen LogP contribution in [0.15, 0.2) is 24.4 Å². The van der Waals surface area contributed by atoms with E-state index >= 15 is 0 Å². The number of carboxylic acid groups (broad SMARTS) is 1. The van der Waals surface area contributed by atoms with Crippen molar-refractivity contribution in [2.45, 2.75) is 6.92 Å². The van der Waals surface area contributed by atoms with E-state index in [-0.39, 0.29) is 0 Å². The Morgan fingerprint density at radius 2 is 2.19 bits per heavy atom. The number of aryl methyl sites for hydroxylation is 2. The first kappa shape index (κ1) is 10.4. The lowest BCUT2D eigenvalue weighted by Gasteiger charge is -2.05. The van der Waals surface area contributed by atoms with E-state index in [9.17, 15) is 4.79 Å². The molecule has 1 aromatic heterocycles. The highest BCUT2D eigenvalue weighted by Crippen LogP contribution is 2.20. The summed E-state index contributed by atoms with van der Waals surface area (Å²) in [5.41, 5.74) is 2.64. The lowest BCUT2D eigenvalue weighted by molar-refractivity contribution is 0.0696. The fourth-order valence-corrected chi connectivity index (χ4v) is 1.56. The molecule has 0 bridgehead atoms. The summed E-state index contributed by atoms with van der Waals surface area (Å²) in [5.74, 6) is -0.922. The number of carboxylic acids is 1. The molecule has 82 valence electrons. The number of carbonyl (C=O) groups is 1. The van der Waals surface area contributed by atoms with E-state index in [1.807, 2.05) is 6.07 Å². The fourth-order valence-electron chi connectivity index (χ4n) is 1.56. The van der Waals surface area contributed by atoms with Crippen molar-refractivity contribution in [1.29, 1.82) is 0 Å². The number of nitrogens with zero attached hydrogens (tertiary/aromatic N) is 3. The third kappa shape index (κ3) is 1.67. The molecule has 0 spiro atoms. The molecule has 0 saturated carbocycles. The van der Waals surface area contributed by atoms with Crippen molar-refractivity contribution < 1.29 is 9.90 Å². The number of hydrogen-bond acceptors (Lipinski definition) is 3. The Labute approximate surface area is 92.3 Å². The van der Waals surface area contributed by atoms with Crippen LogP contribution in [0.1, 0.15) is 15.9 Å². The topological polar surface area (TPSA) is 68.0 Å². The van der Waals surface area contributed by atoms with Gasteiger partial charge in [-0.1, -0.05) is 17.3 Å². The summed E-state index contributed by atoms with van der Waals surface area (Å²) in [6.07, 6.45) is 1.61. The number of hydrogen-bond donors (Lipinski definition) is 1. The van der Waals surface area contributed by atoms with Crippen LogP contribution in [-0.4, -0.2) is 26.1 Å². The van der Waals surface area contributed by atoms with E-state index in [0.717, 1.165) is 16.8 Å². The molecule has 0 saturated heterocycles. The first-order valence-electron chi connectivity index (χ1n) is 4.78. The normalized spacial score (nSPS) is 10.4. The SMILES string of the molecule is Cc1ccc(-c2cnnn2C)cc1C(=O)O. The number of aromatic nitrogens is 3. The van der Waals surface area contributed by atoms with Gasteiger partial charge >= 0.3 is 5.97 Å². The molecule has 0 amide bonds. The molecule has 0 radical (unpaired) electrons. The van der Waals surface area contributed by atoms with Crippen molar-refractivity contribution in [3.8, 4) is 11.3 Å². The van der Waals surface area contributed by atoms with Gasteiger partial charge in [0.1, 0.15) is 0 Å². The van der Waals surface area contributed by atoms with Crippen LogP contribution in [0.25, 0.3) is 11.3 Å². The zero-order valence-electron chi connectivity index (χ0n) is 9.01. The van der Waals surface area contributed by atoms with E-state index in [2.05, 4.69) is 10.3 Å². The lowest BCUT2D eigenvalue weighted by atomic mass is 10.0. The molecule has 0 fully saturated rings. The van der Waals surface area contributed by atoms with Gasteiger partial charge in [0.2, 0.25) is 0 Å². The smallest absolute Gasteiger partial charge is 0.335 e. The maximum atomic E-state index is 11.0. The van der Waals surface area contributed by atoms with Gasteiger partial charge in [-0.25, -0.2) is 9.48 Å². The molecule has 1 aromatic carbocycles. The van der Waals surface area contributed by atoms with Crippen LogP contribution < -0.4 is 0 Å². The molecule has 5 nitrogen and oxygen atoms in total. The highest BCUT2D eigenvalue weighted by atomic mass is 16.4. The third-order valence-electron chi connectivity index (χ3n) is 2.48. The molecule has 0 atom stereocenters. The van der Waals surface area contributed by atoms with Crippen LogP contribution in [0.4, 0.5) is 0 Å². The van der Waals surface area contributed by atoms with E-state index in [0.29, 0.717) is 5.56 Å². The monoisotopic (exact) mass is 217 g/mol. The van der Waals surface area contributed by atoms with Crippen LogP contribution in [0.5, 0.6) is 0 Å². The molecule has 0 unspecified atom stereocenters. The molecule has 0 aliphatic heterocycles. The summed E-state index contributed by atoms with van der Waals surface area (Å²) < 4.78 is 1.61. The Kier molecular flexibility index (Phi) is 2.44. The molecule has 2 rings (SSSR count). The first-order chi connectivity index (χ1) is 7.59.